The van der Waals surface area contributed by atoms with E-state index in [4.69, 9.17) is 10.00 Å². The van der Waals surface area contributed by atoms with Crippen molar-refractivity contribution in [2.75, 3.05) is 6.61 Å². The predicted molar refractivity (Wildman–Crippen MR) is 142 cm³/mol. The standard InChI is InChI=1S/C32H32FNO/c1-2-3-4-5-6-21-35-30-18-15-26(16-19-30)28-17-20-31-29(22-28)14-13-27(32(31)33)12-11-24-7-9-25(23-34)10-8-24/h7-10,13-20,22H,2-6,11-12,21H2,1H3. The smallest absolute Gasteiger partial charge is 0.134 e. The van der Waals surface area contributed by atoms with Crippen LogP contribution in [-0.2, 0) is 12.8 Å². The highest BCUT2D eigenvalue weighted by atomic mass is 19.1. The molecule has 0 aliphatic heterocycles. The summed E-state index contributed by atoms with van der Waals surface area (Å²) in [6.45, 7) is 2.98. The predicted octanol–water partition coefficient (Wildman–Crippen LogP) is 8.65. The molecule has 4 aromatic carbocycles. The molecule has 0 bridgehead atoms. The highest BCUT2D eigenvalue weighted by Gasteiger charge is 2.09. The first kappa shape index (κ1) is 24.5. The van der Waals surface area contributed by atoms with Crippen molar-refractivity contribution < 1.29 is 9.13 Å². The Morgan fingerprint density at radius 2 is 1.51 bits per heavy atom. The lowest BCUT2D eigenvalue weighted by Crippen LogP contribution is -1.97. The average molecular weight is 466 g/mol. The molecule has 0 aromatic heterocycles. The van der Waals surface area contributed by atoms with Gasteiger partial charge in [0.1, 0.15) is 11.6 Å². The van der Waals surface area contributed by atoms with Gasteiger partial charge >= 0.3 is 0 Å². The van der Waals surface area contributed by atoms with Gasteiger partial charge in [-0.3, -0.25) is 0 Å². The van der Waals surface area contributed by atoms with E-state index in [-0.39, 0.29) is 5.82 Å². The summed E-state index contributed by atoms with van der Waals surface area (Å²) in [5.74, 6) is 0.744. The van der Waals surface area contributed by atoms with E-state index in [1.165, 1.54) is 25.7 Å². The van der Waals surface area contributed by atoms with E-state index in [0.717, 1.165) is 47.3 Å². The number of halogens is 1. The van der Waals surface area contributed by atoms with Gasteiger partial charge in [-0.05, 0) is 77.2 Å². The molecule has 35 heavy (non-hydrogen) atoms. The minimum absolute atomic E-state index is 0.148. The molecule has 0 saturated heterocycles. The lowest BCUT2D eigenvalue weighted by molar-refractivity contribution is 0.304. The zero-order valence-electron chi connectivity index (χ0n) is 20.4. The SMILES string of the molecule is CCCCCCCOc1ccc(-c2ccc3c(F)c(CCc4ccc(C#N)cc4)ccc3c2)cc1. The van der Waals surface area contributed by atoms with Crippen LogP contribution in [-0.4, -0.2) is 6.61 Å². The number of benzene rings is 4. The monoisotopic (exact) mass is 465 g/mol. The summed E-state index contributed by atoms with van der Waals surface area (Å²) in [6.07, 6.45) is 7.49. The Balaban J connectivity index is 1.39. The van der Waals surface area contributed by atoms with E-state index in [1.807, 2.05) is 54.6 Å². The van der Waals surface area contributed by atoms with Crippen LogP contribution in [0.25, 0.3) is 21.9 Å². The Bertz CT molecular complexity index is 1290. The van der Waals surface area contributed by atoms with Crippen LogP contribution in [0.4, 0.5) is 4.39 Å². The molecule has 0 amide bonds. The summed E-state index contributed by atoms with van der Waals surface area (Å²) >= 11 is 0. The molecule has 4 rings (SSSR count). The number of rotatable bonds is 11. The van der Waals surface area contributed by atoms with Crippen LogP contribution >= 0.6 is 0 Å². The van der Waals surface area contributed by atoms with Gasteiger partial charge in [0.15, 0.2) is 0 Å². The minimum Gasteiger partial charge on any atom is -0.494 e. The molecule has 3 heteroatoms. The van der Waals surface area contributed by atoms with Gasteiger partial charge in [-0.25, -0.2) is 4.39 Å². The van der Waals surface area contributed by atoms with Gasteiger partial charge in [-0.15, -0.1) is 0 Å². The van der Waals surface area contributed by atoms with Crippen LogP contribution in [0, 0.1) is 17.1 Å². The molecule has 4 aromatic rings. The van der Waals surface area contributed by atoms with Crippen molar-refractivity contribution in [1.29, 1.82) is 5.26 Å². The number of hydrogen-bond donors (Lipinski definition) is 0. The highest BCUT2D eigenvalue weighted by molar-refractivity contribution is 5.88. The van der Waals surface area contributed by atoms with E-state index < -0.39 is 0 Å². The Kier molecular flexibility index (Phi) is 8.52. The number of fused-ring (bicyclic) bond motifs is 1. The number of ether oxygens (including phenoxy) is 1. The first-order valence-corrected chi connectivity index (χ1v) is 12.6. The van der Waals surface area contributed by atoms with E-state index >= 15 is 4.39 Å². The summed E-state index contributed by atoms with van der Waals surface area (Å²) in [7, 11) is 0. The van der Waals surface area contributed by atoms with Crippen LogP contribution in [0.5, 0.6) is 5.75 Å². The normalized spacial score (nSPS) is 10.9. The second-order valence-electron chi connectivity index (χ2n) is 9.07. The lowest BCUT2D eigenvalue weighted by atomic mass is 9.97. The van der Waals surface area contributed by atoms with Crippen molar-refractivity contribution >= 4 is 10.8 Å². The molecule has 0 radical (unpaired) electrons. The quantitative estimate of drug-likeness (QED) is 0.208. The number of hydrogen-bond acceptors (Lipinski definition) is 2. The second kappa shape index (κ2) is 12.2. The molecule has 0 atom stereocenters. The topological polar surface area (TPSA) is 33.0 Å². The third-order valence-corrected chi connectivity index (χ3v) is 6.50. The van der Waals surface area contributed by atoms with Crippen molar-refractivity contribution in [3.63, 3.8) is 0 Å². The first-order chi connectivity index (χ1) is 17.2. The fraction of sp³-hybridized carbons (Fsp3) is 0.281. The first-order valence-electron chi connectivity index (χ1n) is 12.6. The molecule has 0 aliphatic carbocycles. The van der Waals surface area contributed by atoms with Crippen LogP contribution in [0.2, 0.25) is 0 Å². The number of aryl methyl sites for hydroxylation is 2. The number of nitriles is 1. The van der Waals surface area contributed by atoms with E-state index in [2.05, 4.69) is 25.1 Å². The number of nitrogens with zero attached hydrogens (tertiary/aromatic N) is 1. The van der Waals surface area contributed by atoms with E-state index in [0.29, 0.717) is 22.9 Å². The third-order valence-electron chi connectivity index (χ3n) is 6.50. The van der Waals surface area contributed by atoms with Crippen LogP contribution in [0.15, 0.2) is 78.9 Å². The van der Waals surface area contributed by atoms with Gasteiger partial charge in [0.25, 0.3) is 0 Å². The van der Waals surface area contributed by atoms with Crippen molar-refractivity contribution in [2.24, 2.45) is 0 Å². The molecule has 0 aliphatic rings. The molecular weight excluding hydrogens is 433 g/mol. The fourth-order valence-electron chi connectivity index (χ4n) is 4.37. The van der Waals surface area contributed by atoms with Gasteiger partial charge in [-0.1, -0.05) is 81.1 Å². The van der Waals surface area contributed by atoms with Crippen LogP contribution in [0.3, 0.4) is 0 Å². The largest absolute Gasteiger partial charge is 0.494 e. The maximum absolute atomic E-state index is 15.2. The molecule has 0 heterocycles. The minimum atomic E-state index is -0.148. The van der Waals surface area contributed by atoms with Crippen LogP contribution in [0.1, 0.15) is 55.7 Å². The Morgan fingerprint density at radius 1 is 0.771 bits per heavy atom. The molecule has 0 N–H and O–H groups in total. The second-order valence-corrected chi connectivity index (χ2v) is 9.07. The zero-order chi connectivity index (χ0) is 24.5. The van der Waals surface area contributed by atoms with Crippen LogP contribution < -0.4 is 4.74 Å². The maximum Gasteiger partial charge on any atom is 0.134 e. The summed E-state index contributed by atoms with van der Waals surface area (Å²) in [5.41, 5.74) is 4.61. The van der Waals surface area contributed by atoms with Crippen molar-refractivity contribution in [2.45, 2.75) is 51.9 Å². The van der Waals surface area contributed by atoms with Gasteiger partial charge in [0, 0.05) is 5.39 Å². The van der Waals surface area contributed by atoms with E-state index in [1.54, 1.807) is 12.1 Å². The van der Waals surface area contributed by atoms with Gasteiger partial charge in [-0.2, -0.15) is 5.26 Å². The molecule has 0 fully saturated rings. The summed E-state index contributed by atoms with van der Waals surface area (Å²) < 4.78 is 21.1. The molecule has 0 saturated carbocycles. The summed E-state index contributed by atoms with van der Waals surface area (Å²) in [4.78, 5) is 0. The van der Waals surface area contributed by atoms with Crippen molar-refractivity contribution in [3.8, 4) is 22.9 Å². The molecule has 0 spiro atoms. The molecular formula is C32H32FNO. The van der Waals surface area contributed by atoms with Gasteiger partial charge < -0.3 is 4.74 Å². The Morgan fingerprint density at radius 3 is 2.26 bits per heavy atom. The fourth-order valence-corrected chi connectivity index (χ4v) is 4.37. The van der Waals surface area contributed by atoms with Crippen molar-refractivity contribution in [3.05, 3.63) is 101 Å². The highest BCUT2D eigenvalue weighted by Crippen LogP contribution is 2.29. The maximum atomic E-state index is 15.2. The summed E-state index contributed by atoms with van der Waals surface area (Å²) in [6, 6.07) is 27.6. The molecule has 2 nitrogen and oxygen atoms in total. The zero-order valence-corrected chi connectivity index (χ0v) is 20.4. The molecule has 178 valence electrons. The lowest BCUT2D eigenvalue weighted by Gasteiger charge is -2.10. The summed E-state index contributed by atoms with van der Waals surface area (Å²) in [5, 5.41) is 10.5. The van der Waals surface area contributed by atoms with E-state index in [9.17, 15) is 0 Å². The van der Waals surface area contributed by atoms with Gasteiger partial charge in [0.05, 0.1) is 18.2 Å². The Labute approximate surface area is 208 Å². The van der Waals surface area contributed by atoms with Crippen molar-refractivity contribution in [1.82, 2.24) is 0 Å². The Hall–Kier alpha value is -3.64. The van der Waals surface area contributed by atoms with Gasteiger partial charge in [0.2, 0.25) is 0 Å². The third kappa shape index (κ3) is 6.49. The number of unbranched alkanes of at least 4 members (excludes halogenated alkanes) is 4. The molecule has 0 unspecified atom stereocenters. The average Bonchev–Trinajstić information content (AvgIpc) is 2.91.